The smallest absolute Gasteiger partial charge is 0.259 e. The first-order valence-corrected chi connectivity index (χ1v) is 8.24. The van der Waals surface area contributed by atoms with E-state index >= 15 is 0 Å². The number of methoxy groups -OCH3 is 1. The molecular formula is C16H18N4O2S. The van der Waals surface area contributed by atoms with Gasteiger partial charge in [-0.2, -0.15) is 16.3 Å². The quantitative estimate of drug-likeness (QED) is 0.716. The summed E-state index contributed by atoms with van der Waals surface area (Å²) in [5, 5.41) is 11.5. The maximum Gasteiger partial charge on any atom is 0.259 e. The summed E-state index contributed by atoms with van der Waals surface area (Å²) in [5.74, 6) is 1.80. The molecule has 3 aromatic heterocycles. The van der Waals surface area contributed by atoms with E-state index < -0.39 is 0 Å². The number of nitrogens with zero attached hydrogens (tertiary/aromatic N) is 3. The minimum atomic E-state index is 0.305. The van der Waals surface area contributed by atoms with Crippen molar-refractivity contribution in [3.63, 3.8) is 0 Å². The fourth-order valence-corrected chi connectivity index (χ4v) is 2.91. The number of hydrogen-bond donors (Lipinski definition) is 1. The van der Waals surface area contributed by atoms with E-state index in [2.05, 4.69) is 44.2 Å². The maximum atomic E-state index is 5.19. The Kier molecular flexibility index (Phi) is 4.99. The molecule has 0 fully saturated rings. The molecule has 6 nitrogen and oxygen atoms in total. The van der Waals surface area contributed by atoms with Gasteiger partial charge in [-0.1, -0.05) is 5.16 Å². The van der Waals surface area contributed by atoms with E-state index in [9.17, 15) is 0 Å². The monoisotopic (exact) mass is 330 g/mol. The largest absolute Gasteiger partial charge is 0.377 e. The molecule has 3 aromatic rings. The highest BCUT2D eigenvalue weighted by atomic mass is 32.1. The van der Waals surface area contributed by atoms with Gasteiger partial charge in [-0.05, 0) is 47.9 Å². The average molecular weight is 330 g/mol. The first-order valence-electron chi connectivity index (χ1n) is 7.30. The molecule has 0 aliphatic rings. The molecule has 1 N–H and O–H groups in total. The van der Waals surface area contributed by atoms with Crippen LogP contribution < -0.4 is 5.32 Å². The molecule has 1 atom stereocenters. The zero-order valence-electron chi connectivity index (χ0n) is 13.0. The van der Waals surface area contributed by atoms with Crippen LogP contribution in [0, 0.1) is 0 Å². The molecule has 23 heavy (non-hydrogen) atoms. The van der Waals surface area contributed by atoms with Crippen molar-refractivity contribution in [3.05, 3.63) is 46.5 Å². The van der Waals surface area contributed by atoms with Crippen LogP contribution in [-0.4, -0.2) is 28.3 Å². The predicted molar refractivity (Wildman–Crippen MR) is 89.3 cm³/mol. The van der Waals surface area contributed by atoms with E-state index in [0.29, 0.717) is 24.4 Å². The van der Waals surface area contributed by atoms with Gasteiger partial charge < -0.3 is 14.6 Å². The number of hydrogen-bond acceptors (Lipinski definition) is 7. The van der Waals surface area contributed by atoms with Gasteiger partial charge in [-0.25, -0.2) is 4.98 Å². The Morgan fingerprint density at radius 1 is 1.35 bits per heavy atom. The van der Waals surface area contributed by atoms with Gasteiger partial charge in [0.15, 0.2) is 5.82 Å². The van der Waals surface area contributed by atoms with Crippen molar-refractivity contribution in [3.8, 4) is 11.5 Å². The minimum absolute atomic E-state index is 0.305. The molecule has 7 heteroatoms. The third kappa shape index (κ3) is 4.14. The third-order valence-electron chi connectivity index (χ3n) is 3.27. The number of nitrogens with one attached hydrogen (secondary N) is 1. The van der Waals surface area contributed by atoms with E-state index in [4.69, 9.17) is 9.26 Å². The van der Waals surface area contributed by atoms with E-state index in [1.807, 2.05) is 12.1 Å². The molecule has 0 bridgehead atoms. The van der Waals surface area contributed by atoms with Crippen LogP contribution in [0.5, 0.6) is 0 Å². The normalized spacial score (nSPS) is 12.3. The van der Waals surface area contributed by atoms with Crippen LogP contribution in [0.2, 0.25) is 0 Å². The molecule has 3 rings (SSSR count). The summed E-state index contributed by atoms with van der Waals surface area (Å²) in [5.41, 5.74) is 2.12. The summed E-state index contributed by atoms with van der Waals surface area (Å²) < 4.78 is 10.2. The lowest BCUT2D eigenvalue weighted by molar-refractivity contribution is 0.174. The number of thiophene rings is 1. The van der Waals surface area contributed by atoms with Crippen molar-refractivity contribution in [1.29, 1.82) is 0 Å². The zero-order chi connectivity index (χ0) is 16.1. The second-order valence-electron chi connectivity index (χ2n) is 5.26. The highest BCUT2D eigenvalue weighted by Gasteiger charge is 2.10. The SMILES string of the molecule is COCc1noc(-c2ccc(N[C@@H](C)Cc3ccsc3)nc2)n1. The Morgan fingerprint density at radius 3 is 2.96 bits per heavy atom. The van der Waals surface area contributed by atoms with Crippen molar-refractivity contribution in [2.75, 3.05) is 12.4 Å². The van der Waals surface area contributed by atoms with Crippen molar-refractivity contribution >= 4 is 17.2 Å². The third-order valence-corrected chi connectivity index (χ3v) is 4.00. The number of rotatable bonds is 7. The lowest BCUT2D eigenvalue weighted by Gasteiger charge is -2.13. The highest BCUT2D eigenvalue weighted by molar-refractivity contribution is 7.07. The summed E-state index contributed by atoms with van der Waals surface area (Å²) in [7, 11) is 1.59. The van der Waals surface area contributed by atoms with Crippen molar-refractivity contribution in [2.24, 2.45) is 0 Å². The molecule has 0 unspecified atom stereocenters. The van der Waals surface area contributed by atoms with Gasteiger partial charge in [-0.15, -0.1) is 0 Å². The molecule has 0 aliphatic carbocycles. The first kappa shape index (κ1) is 15.6. The van der Waals surface area contributed by atoms with Crippen LogP contribution in [-0.2, 0) is 17.8 Å². The first-order chi connectivity index (χ1) is 11.2. The molecule has 120 valence electrons. The van der Waals surface area contributed by atoms with Gasteiger partial charge >= 0.3 is 0 Å². The maximum absolute atomic E-state index is 5.19. The van der Waals surface area contributed by atoms with Gasteiger partial charge in [-0.3, -0.25) is 0 Å². The average Bonchev–Trinajstić information content (AvgIpc) is 3.20. The summed E-state index contributed by atoms with van der Waals surface area (Å²) >= 11 is 1.72. The van der Waals surface area contributed by atoms with Crippen LogP contribution in [0.4, 0.5) is 5.82 Å². The fraction of sp³-hybridized carbons (Fsp3) is 0.312. The Balaban J connectivity index is 1.62. The van der Waals surface area contributed by atoms with E-state index in [1.54, 1.807) is 24.6 Å². The van der Waals surface area contributed by atoms with E-state index in [-0.39, 0.29) is 0 Å². The Bertz CT molecular complexity index is 725. The molecule has 0 saturated carbocycles. The predicted octanol–water partition coefficient (Wildman–Crippen LogP) is 3.38. The van der Waals surface area contributed by atoms with Crippen LogP contribution in [0.3, 0.4) is 0 Å². The number of anilines is 1. The van der Waals surface area contributed by atoms with Crippen LogP contribution >= 0.6 is 11.3 Å². The van der Waals surface area contributed by atoms with Crippen LogP contribution in [0.1, 0.15) is 18.3 Å². The highest BCUT2D eigenvalue weighted by Crippen LogP contribution is 2.18. The molecule has 0 radical (unpaired) electrons. The molecule has 0 saturated heterocycles. The molecule has 0 aromatic carbocycles. The van der Waals surface area contributed by atoms with E-state index in [0.717, 1.165) is 17.8 Å². The summed E-state index contributed by atoms with van der Waals surface area (Å²) in [6.45, 7) is 2.47. The van der Waals surface area contributed by atoms with Gasteiger partial charge in [0.1, 0.15) is 12.4 Å². The lowest BCUT2D eigenvalue weighted by atomic mass is 10.1. The minimum Gasteiger partial charge on any atom is -0.377 e. The van der Waals surface area contributed by atoms with Gasteiger partial charge in [0.05, 0.1) is 5.56 Å². The van der Waals surface area contributed by atoms with Crippen molar-refractivity contribution in [1.82, 2.24) is 15.1 Å². The van der Waals surface area contributed by atoms with Crippen molar-refractivity contribution < 1.29 is 9.26 Å². The van der Waals surface area contributed by atoms with Gasteiger partial charge in [0, 0.05) is 19.3 Å². The summed E-state index contributed by atoms with van der Waals surface area (Å²) in [6.07, 6.45) is 2.70. The Hall–Kier alpha value is -2.25. The molecular weight excluding hydrogens is 312 g/mol. The topological polar surface area (TPSA) is 73.1 Å². The second-order valence-corrected chi connectivity index (χ2v) is 6.04. The number of pyridine rings is 1. The van der Waals surface area contributed by atoms with E-state index in [1.165, 1.54) is 5.56 Å². The summed E-state index contributed by atoms with van der Waals surface area (Å²) in [4.78, 5) is 8.66. The number of aromatic nitrogens is 3. The van der Waals surface area contributed by atoms with Gasteiger partial charge in [0.25, 0.3) is 5.89 Å². The molecule has 0 spiro atoms. The number of ether oxygens (including phenoxy) is 1. The van der Waals surface area contributed by atoms with Crippen LogP contribution in [0.15, 0.2) is 39.7 Å². The fourth-order valence-electron chi connectivity index (χ4n) is 2.23. The Labute approximate surface area is 138 Å². The standard InChI is InChI=1S/C16H18N4O2S/c1-11(7-12-5-6-23-10-12)18-14-4-3-13(8-17-14)16-19-15(9-21-2)20-22-16/h3-6,8,10-11H,7,9H2,1-2H3,(H,17,18)/t11-/m0/s1. The lowest BCUT2D eigenvalue weighted by Crippen LogP contribution is -2.18. The molecule has 0 aliphatic heterocycles. The van der Waals surface area contributed by atoms with Crippen LogP contribution in [0.25, 0.3) is 11.5 Å². The van der Waals surface area contributed by atoms with Gasteiger partial charge in [0.2, 0.25) is 0 Å². The Morgan fingerprint density at radius 2 is 2.26 bits per heavy atom. The molecule has 3 heterocycles. The zero-order valence-corrected chi connectivity index (χ0v) is 13.8. The summed E-state index contributed by atoms with van der Waals surface area (Å²) in [6, 6.07) is 6.28. The van der Waals surface area contributed by atoms with Crippen molar-refractivity contribution in [2.45, 2.75) is 26.0 Å². The molecule has 0 amide bonds. The second kappa shape index (κ2) is 7.34.